The molecule has 1 unspecified atom stereocenters. The third kappa shape index (κ3) is 2.41. The van der Waals surface area contributed by atoms with E-state index >= 15 is 0 Å². The average molecular weight is 303 g/mol. The fraction of sp³-hybridized carbons (Fsp3) is 0.267. The van der Waals surface area contributed by atoms with Crippen molar-refractivity contribution in [3.63, 3.8) is 0 Å². The number of hydrogen-bond acceptors (Lipinski definition) is 2. The van der Waals surface area contributed by atoms with Crippen LogP contribution in [-0.4, -0.2) is 4.98 Å². The van der Waals surface area contributed by atoms with Gasteiger partial charge in [-0.05, 0) is 55.2 Å². The predicted octanol–water partition coefficient (Wildman–Crippen LogP) is 4.33. The Bertz CT molecular complexity index is 536. The van der Waals surface area contributed by atoms with E-state index in [1.54, 1.807) is 0 Å². The zero-order chi connectivity index (χ0) is 12.4. The van der Waals surface area contributed by atoms with Crippen LogP contribution in [0.2, 0.25) is 0 Å². The van der Waals surface area contributed by atoms with Crippen LogP contribution < -0.4 is 5.32 Å². The van der Waals surface area contributed by atoms with Crippen LogP contribution in [0.15, 0.2) is 47.1 Å². The quantitative estimate of drug-likeness (QED) is 0.893. The normalized spacial score (nSPS) is 18.2. The number of pyridine rings is 1. The molecule has 2 aromatic rings. The number of rotatable bonds is 2. The Morgan fingerprint density at radius 3 is 2.83 bits per heavy atom. The van der Waals surface area contributed by atoms with Crippen molar-refractivity contribution >= 4 is 21.6 Å². The lowest BCUT2D eigenvalue weighted by Gasteiger charge is -2.26. The fourth-order valence-electron chi connectivity index (χ4n) is 2.50. The molecule has 1 aromatic heterocycles. The summed E-state index contributed by atoms with van der Waals surface area (Å²) in [5.74, 6) is 0. The number of fused-ring (bicyclic) bond motifs is 1. The summed E-state index contributed by atoms with van der Waals surface area (Å²) in [4.78, 5) is 4.54. The van der Waals surface area contributed by atoms with Crippen LogP contribution in [0.5, 0.6) is 0 Å². The van der Waals surface area contributed by atoms with E-state index in [9.17, 15) is 0 Å². The van der Waals surface area contributed by atoms with Crippen molar-refractivity contribution in [1.82, 2.24) is 4.98 Å². The zero-order valence-corrected chi connectivity index (χ0v) is 11.7. The Labute approximate surface area is 116 Å². The molecule has 0 amide bonds. The summed E-state index contributed by atoms with van der Waals surface area (Å²) < 4.78 is 1.11. The summed E-state index contributed by atoms with van der Waals surface area (Å²) in [5, 5.41) is 3.58. The lowest BCUT2D eigenvalue weighted by Crippen LogP contribution is -2.18. The number of aryl methyl sites for hydroxylation is 1. The van der Waals surface area contributed by atoms with Crippen LogP contribution in [0.1, 0.15) is 30.1 Å². The second-order valence-electron chi connectivity index (χ2n) is 4.64. The Balaban J connectivity index is 1.84. The number of hydrogen-bond donors (Lipinski definition) is 1. The van der Waals surface area contributed by atoms with E-state index in [-0.39, 0.29) is 0 Å². The first-order valence-electron chi connectivity index (χ1n) is 6.29. The van der Waals surface area contributed by atoms with E-state index in [0.717, 1.165) is 23.0 Å². The van der Waals surface area contributed by atoms with Gasteiger partial charge in [0.25, 0.3) is 0 Å². The fourth-order valence-corrected chi connectivity index (χ4v) is 2.76. The molecule has 92 valence electrons. The molecule has 0 bridgehead atoms. The van der Waals surface area contributed by atoms with E-state index in [4.69, 9.17) is 0 Å². The van der Waals surface area contributed by atoms with Crippen LogP contribution >= 0.6 is 15.9 Å². The maximum Gasteiger partial charge on any atom is 0.0688 e. The highest BCUT2D eigenvalue weighted by Crippen LogP contribution is 2.31. The largest absolute Gasteiger partial charge is 0.377 e. The lowest BCUT2D eigenvalue weighted by atomic mass is 9.92. The molecule has 0 aliphatic heterocycles. The standard InChI is InChI=1S/C15H15BrN2/c16-12-6-8-13(9-7-12)18-14-5-1-3-11-4-2-10-17-15(11)14/h2,4,6-10,14,18H,1,3,5H2. The summed E-state index contributed by atoms with van der Waals surface area (Å²) in [6.45, 7) is 0. The number of nitrogens with one attached hydrogen (secondary N) is 1. The number of anilines is 1. The van der Waals surface area contributed by atoms with Crippen LogP contribution in [0, 0.1) is 0 Å². The minimum absolute atomic E-state index is 0.344. The first kappa shape index (κ1) is 11.7. The Morgan fingerprint density at radius 1 is 1.17 bits per heavy atom. The second-order valence-corrected chi connectivity index (χ2v) is 5.56. The van der Waals surface area contributed by atoms with Crippen molar-refractivity contribution in [2.75, 3.05) is 5.32 Å². The molecule has 2 nitrogen and oxygen atoms in total. The van der Waals surface area contributed by atoms with Gasteiger partial charge in [0.2, 0.25) is 0 Å². The summed E-state index contributed by atoms with van der Waals surface area (Å²) >= 11 is 3.46. The van der Waals surface area contributed by atoms with E-state index in [1.807, 2.05) is 12.3 Å². The van der Waals surface area contributed by atoms with Gasteiger partial charge >= 0.3 is 0 Å². The molecule has 1 atom stereocenters. The third-order valence-electron chi connectivity index (χ3n) is 3.38. The van der Waals surface area contributed by atoms with Gasteiger partial charge in [-0.15, -0.1) is 0 Å². The van der Waals surface area contributed by atoms with Crippen molar-refractivity contribution in [2.45, 2.75) is 25.3 Å². The van der Waals surface area contributed by atoms with Crippen LogP contribution in [-0.2, 0) is 6.42 Å². The highest BCUT2D eigenvalue weighted by atomic mass is 79.9. The molecule has 0 spiro atoms. The lowest BCUT2D eigenvalue weighted by molar-refractivity contribution is 0.583. The molecule has 18 heavy (non-hydrogen) atoms. The van der Waals surface area contributed by atoms with Crippen molar-refractivity contribution in [1.29, 1.82) is 0 Å². The molecular formula is C15H15BrN2. The van der Waals surface area contributed by atoms with Gasteiger partial charge in [-0.2, -0.15) is 0 Å². The van der Waals surface area contributed by atoms with E-state index < -0.39 is 0 Å². The van der Waals surface area contributed by atoms with E-state index in [2.05, 4.69) is 56.6 Å². The van der Waals surface area contributed by atoms with Crippen molar-refractivity contribution < 1.29 is 0 Å². The summed E-state index contributed by atoms with van der Waals surface area (Å²) in [6.07, 6.45) is 5.43. The monoisotopic (exact) mass is 302 g/mol. The van der Waals surface area contributed by atoms with Gasteiger partial charge in [0, 0.05) is 16.4 Å². The number of benzene rings is 1. The molecule has 3 heteroatoms. The third-order valence-corrected chi connectivity index (χ3v) is 3.91. The molecule has 1 heterocycles. The highest BCUT2D eigenvalue weighted by molar-refractivity contribution is 9.10. The number of nitrogens with zero attached hydrogens (tertiary/aromatic N) is 1. The van der Waals surface area contributed by atoms with Gasteiger partial charge in [0.1, 0.15) is 0 Å². The van der Waals surface area contributed by atoms with E-state index in [1.165, 1.54) is 17.7 Å². The first-order valence-corrected chi connectivity index (χ1v) is 7.08. The molecule has 0 saturated heterocycles. The predicted molar refractivity (Wildman–Crippen MR) is 77.7 cm³/mol. The van der Waals surface area contributed by atoms with E-state index in [0.29, 0.717) is 6.04 Å². The van der Waals surface area contributed by atoms with Gasteiger partial charge in [-0.3, -0.25) is 4.98 Å². The first-order chi connectivity index (χ1) is 8.83. The van der Waals surface area contributed by atoms with Gasteiger partial charge in [-0.25, -0.2) is 0 Å². The minimum Gasteiger partial charge on any atom is -0.377 e. The number of aromatic nitrogens is 1. The smallest absolute Gasteiger partial charge is 0.0688 e. The maximum atomic E-state index is 4.54. The maximum absolute atomic E-state index is 4.54. The van der Waals surface area contributed by atoms with Gasteiger partial charge in [0.15, 0.2) is 0 Å². The second kappa shape index (κ2) is 5.11. The minimum atomic E-state index is 0.344. The molecule has 3 rings (SSSR count). The SMILES string of the molecule is Brc1ccc(NC2CCCc3cccnc32)cc1. The molecule has 0 saturated carbocycles. The molecule has 0 radical (unpaired) electrons. The van der Waals surface area contributed by atoms with Gasteiger partial charge in [0.05, 0.1) is 11.7 Å². The Hall–Kier alpha value is -1.35. The molecule has 0 fully saturated rings. The van der Waals surface area contributed by atoms with Crippen molar-refractivity contribution in [2.24, 2.45) is 0 Å². The summed E-state index contributed by atoms with van der Waals surface area (Å²) in [6, 6.07) is 12.9. The number of halogens is 1. The topological polar surface area (TPSA) is 24.9 Å². The molecule has 1 N–H and O–H groups in total. The summed E-state index contributed by atoms with van der Waals surface area (Å²) in [5.41, 5.74) is 3.76. The highest BCUT2D eigenvalue weighted by Gasteiger charge is 2.20. The van der Waals surface area contributed by atoms with Crippen LogP contribution in [0.4, 0.5) is 5.69 Å². The molecule has 1 aliphatic carbocycles. The van der Waals surface area contributed by atoms with Crippen molar-refractivity contribution in [3.8, 4) is 0 Å². The Morgan fingerprint density at radius 2 is 2.00 bits per heavy atom. The molecule has 1 aromatic carbocycles. The molecule has 1 aliphatic rings. The van der Waals surface area contributed by atoms with Crippen LogP contribution in [0.25, 0.3) is 0 Å². The average Bonchev–Trinajstić information content (AvgIpc) is 2.42. The molecular weight excluding hydrogens is 288 g/mol. The van der Waals surface area contributed by atoms with Gasteiger partial charge in [-0.1, -0.05) is 22.0 Å². The zero-order valence-electron chi connectivity index (χ0n) is 10.1. The van der Waals surface area contributed by atoms with Crippen molar-refractivity contribution in [3.05, 3.63) is 58.3 Å². The summed E-state index contributed by atoms with van der Waals surface area (Å²) in [7, 11) is 0. The van der Waals surface area contributed by atoms with Gasteiger partial charge < -0.3 is 5.32 Å². The van der Waals surface area contributed by atoms with Crippen LogP contribution in [0.3, 0.4) is 0 Å². The Kier molecular flexibility index (Phi) is 3.33.